The van der Waals surface area contributed by atoms with E-state index in [0.29, 0.717) is 0 Å². The van der Waals surface area contributed by atoms with Crippen molar-refractivity contribution in [1.29, 1.82) is 0 Å². The molecule has 1 rings (SSSR count). The minimum atomic E-state index is 0.0142. The summed E-state index contributed by atoms with van der Waals surface area (Å²) < 4.78 is 0. The Balaban J connectivity index is 2.41. The molecule has 3 nitrogen and oxygen atoms in total. The van der Waals surface area contributed by atoms with Gasteiger partial charge in [-0.25, -0.2) is 0 Å². The predicted octanol–water partition coefficient (Wildman–Crippen LogP) is 0.674. The summed E-state index contributed by atoms with van der Waals surface area (Å²) in [6, 6.07) is 0.209. The molecule has 1 fully saturated rings. The Labute approximate surface area is 73.2 Å². The molecule has 2 unspecified atom stereocenters. The number of amides is 1. The molecule has 1 saturated carbocycles. The van der Waals surface area contributed by atoms with Crippen molar-refractivity contribution in [2.75, 3.05) is 6.61 Å². The average Bonchev–Trinajstić information content (AvgIpc) is 2.04. The summed E-state index contributed by atoms with van der Waals surface area (Å²) in [6.45, 7) is 1.73. The van der Waals surface area contributed by atoms with Crippen molar-refractivity contribution in [1.82, 2.24) is 5.32 Å². The van der Waals surface area contributed by atoms with Gasteiger partial charge in [-0.2, -0.15) is 0 Å². The molecule has 1 aliphatic rings. The highest BCUT2D eigenvalue weighted by atomic mass is 16.3. The van der Waals surface area contributed by atoms with Gasteiger partial charge < -0.3 is 10.4 Å². The number of carbonyl (C=O) groups is 1. The average molecular weight is 171 g/mol. The lowest BCUT2D eigenvalue weighted by molar-refractivity contribution is -0.120. The number of rotatable bonds is 2. The van der Waals surface area contributed by atoms with E-state index in [9.17, 15) is 4.79 Å². The van der Waals surface area contributed by atoms with Crippen LogP contribution in [0.25, 0.3) is 0 Å². The van der Waals surface area contributed by atoms with Crippen molar-refractivity contribution in [2.45, 2.75) is 38.6 Å². The summed E-state index contributed by atoms with van der Waals surface area (Å²) in [7, 11) is 0. The second-order valence-corrected chi connectivity index (χ2v) is 3.53. The summed E-state index contributed by atoms with van der Waals surface area (Å²) in [5.74, 6) is 0.294. The Morgan fingerprint density at radius 3 is 2.75 bits per heavy atom. The van der Waals surface area contributed by atoms with Crippen molar-refractivity contribution in [3.05, 3.63) is 0 Å². The number of aliphatic hydroxyl groups excluding tert-OH is 1. The second-order valence-electron chi connectivity index (χ2n) is 3.53. The summed E-state index contributed by atoms with van der Waals surface area (Å²) in [5.41, 5.74) is 0. The van der Waals surface area contributed by atoms with Gasteiger partial charge in [0.1, 0.15) is 0 Å². The summed E-state index contributed by atoms with van der Waals surface area (Å²) >= 11 is 0. The lowest BCUT2D eigenvalue weighted by Gasteiger charge is -2.30. The van der Waals surface area contributed by atoms with E-state index in [4.69, 9.17) is 5.11 Å². The highest BCUT2D eigenvalue weighted by Crippen LogP contribution is 2.23. The van der Waals surface area contributed by atoms with E-state index >= 15 is 0 Å². The van der Waals surface area contributed by atoms with Gasteiger partial charge in [-0.1, -0.05) is 12.8 Å². The molecule has 0 radical (unpaired) electrons. The zero-order chi connectivity index (χ0) is 8.97. The van der Waals surface area contributed by atoms with Crippen LogP contribution in [0.4, 0.5) is 0 Å². The van der Waals surface area contributed by atoms with Gasteiger partial charge in [-0.3, -0.25) is 4.79 Å². The Morgan fingerprint density at radius 2 is 2.17 bits per heavy atom. The predicted molar refractivity (Wildman–Crippen MR) is 46.6 cm³/mol. The van der Waals surface area contributed by atoms with E-state index in [1.54, 1.807) is 0 Å². The molecule has 0 aromatic carbocycles. The molecule has 0 aliphatic heterocycles. The summed E-state index contributed by atoms with van der Waals surface area (Å²) in [5, 5.41) is 11.9. The first-order chi connectivity index (χ1) is 5.74. The minimum Gasteiger partial charge on any atom is -0.396 e. The smallest absolute Gasteiger partial charge is 0.217 e. The lowest BCUT2D eigenvalue weighted by Crippen LogP contribution is -2.42. The second kappa shape index (κ2) is 4.45. The van der Waals surface area contributed by atoms with Crippen LogP contribution in [0.3, 0.4) is 0 Å². The number of hydrogen-bond acceptors (Lipinski definition) is 2. The fourth-order valence-corrected chi connectivity index (χ4v) is 1.88. The Morgan fingerprint density at radius 1 is 1.50 bits per heavy atom. The van der Waals surface area contributed by atoms with E-state index in [0.717, 1.165) is 12.8 Å². The van der Waals surface area contributed by atoms with E-state index in [1.165, 1.54) is 19.8 Å². The van der Waals surface area contributed by atoms with Crippen LogP contribution in [0.15, 0.2) is 0 Å². The Kier molecular flexibility index (Phi) is 3.53. The maximum Gasteiger partial charge on any atom is 0.217 e. The topological polar surface area (TPSA) is 49.3 Å². The molecule has 1 amide bonds. The molecule has 1 aliphatic carbocycles. The third-order valence-corrected chi connectivity index (χ3v) is 2.53. The molecule has 3 heteroatoms. The minimum absolute atomic E-state index is 0.0142. The van der Waals surface area contributed by atoms with Gasteiger partial charge in [0.15, 0.2) is 0 Å². The van der Waals surface area contributed by atoms with Crippen LogP contribution in [0.2, 0.25) is 0 Å². The Bertz CT molecular complexity index is 159. The highest BCUT2D eigenvalue weighted by Gasteiger charge is 2.24. The quantitative estimate of drug-likeness (QED) is 0.641. The molecule has 0 aromatic rings. The number of carbonyl (C=O) groups excluding carboxylic acids is 1. The standard InChI is InChI=1S/C9H17NO2/c1-7(12)10-9-5-3-2-4-8(9)6-11/h8-9,11H,2-6H2,1H3,(H,10,12). The highest BCUT2D eigenvalue weighted by molar-refractivity contribution is 5.73. The maximum absolute atomic E-state index is 10.8. The molecule has 0 spiro atoms. The van der Waals surface area contributed by atoms with Crippen LogP contribution in [0, 0.1) is 5.92 Å². The monoisotopic (exact) mass is 171 g/mol. The molecule has 0 heterocycles. The first-order valence-corrected chi connectivity index (χ1v) is 4.62. The zero-order valence-corrected chi connectivity index (χ0v) is 7.55. The van der Waals surface area contributed by atoms with Crippen LogP contribution in [-0.2, 0) is 4.79 Å². The zero-order valence-electron chi connectivity index (χ0n) is 7.55. The summed E-state index contributed by atoms with van der Waals surface area (Å²) in [4.78, 5) is 10.8. The molecule has 0 saturated heterocycles. The normalized spacial score (nSPS) is 29.8. The van der Waals surface area contributed by atoms with Crippen LogP contribution in [0.1, 0.15) is 32.6 Å². The van der Waals surface area contributed by atoms with Crippen molar-refractivity contribution in [2.24, 2.45) is 5.92 Å². The van der Waals surface area contributed by atoms with E-state index in [-0.39, 0.29) is 24.5 Å². The summed E-state index contributed by atoms with van der Waals surface area (Å²) in [6.07, 6.45) is 4.41. The van der Waals surface area contributed by atoms with Gasteiger partial charge in [0.25, 0.3) is 0 Å². The van der Waals surface area contributed by atoms with Gasteiger partial charge >= 0.3 is 0 Å². The molecule has 12 heavy (non-hydrogen) atoms. The van der Waals surface area contributed by atoms with Gasteiger partial charge in [0.2, 0.25) is 5.91 Å². The van der Waals surface area contributed by atoms with Crippen LogP contribution in [0.5, 0.6) is 0 Å². The van der Waals surface area contributed by atoms with Gasteiger partial charge in [-0.05, 0) is 12.8 Å². The molecule has 2 atom stereocenters. The lowest BCUT2D eigenvalue weighted by atomic mass is 9.85. The molecule has 2 N–H and O–H groups in total. The van der Waals surface area contributed by atoms with Gasteiger partial charge in [0, 0.05) is 25.5 Å². The van der Waals surface area contributed by atoms with Crippen molar-refractivity contribution in [3.63, 3.8) is 0 Å². The van der Waals surface area contributed by atoms with E-state index in [2.05, 4.69) is 5.32 Å². The largest absolute Gasteiger partial charge is 0.396 e. The molecular formula is C9H17NO2. The SMILES string of the molecule is CC(=O)NC1CCCCC1CO. The van der Waals surface area contributed by atoms with Crippen LogP contribution >= 0.6 is 0 Å². The third kappa shape index (κ3) is 2.48. The Hall–Kier alpha value is -0.570. The maximum atomic E-state index is 10.8. The number of hydrogen-bond donors (Lipinski definition) is 2. The van der Waals surface area contributed by atoms with E-state index in [1.807, 2.05) is 0 Å². The van der Waals surface area contributed by atoms with Crippen molar-refractivity contribution < 1.29 is 9.90 Å². The van der Waals surface area contributed by atoms with E-state index < -0.39 is 0 Å². The van der Waals surface area contributed by atoms with Crippen LogP contribution < -0.4 is 5.32 Å². The van der Waals surface area contributed by atoms with Gasteiger partial charge in [-0.15, -0.1) is 0 Å². The first-order valence-electron chi connectivity index (χ1n) is 4.62. The number of nitrogens with one attached hydrogen (secondary N) is 1. The van der Waals surface area contributed by atoms with Crippen molar-refractivity contribution >= 4 is 5.91 Å². The molecule has 0 aromatic heterocycles. The third-order valence-electron chi connectivity index (χ3n) is 2.53. The molecular weight excluding hydrogens is 154 g/mol. The fraction of sp³-hybridized carbons (Fsp3) is 0.889. The van der Waals surface area contributed by atoms with Gasteiger partial charge in [0.05, 0.1) is 0 Å². The number of aliphatic hydroxyl groups is 1. The van der Waals surface area contributed by atoms with Crippen LogP contribution in [-0.4, -0.2) is 23.7 Å². The molecule has 0 bridgehead atoms. The first kappa shape index (κ1) is 9.52. The molecule has 70 valence electrons. The fourth-order valence-electron chi connectivity index (χ4n) is 1.88. The van der Waals surface area contributed by atoms with Crippen molar-refractivity contribution in [3.8, 4) is 0 Å².